The maximum atomic E-state index is 13.1. The summed E-state index contributed by atoms with van der Waals surface area (Å²) in [6.07, 6.45) is 1.74. The third-order valence-corrected chi connectivity index (χ3v) is 4.34. The van der Waals surface area contributed by atoms with Crippen molar-refractivity contribution in [2.45, 2.75) is 13.8 Å². The number of aryl methyl sites for hydroxylation is 1. The van der Waals surface area contributed by atoms with Crippen LogP contribution in [0.1, 0.15) is 22.5 Å². The Kier molecular flexibility index (Phi) is 4.86. The number of nitrogens with zero attached hydrogens (tertiary/aromatic N) is 3. The molecule has 0 aliphatic heterocycles. The van der Waals surface area contributed by atoms with Crippen LogP contribution in [-0.4, -0.2) is 9.49 Å². The molecule has 0 unspecified atom stereocenters. The zero-order chi connectivity index (χ0) is 19.6. The molecular weight excluding hydrogens is 345 g/mol. The number of aromatic nitrogens is 1. The highest BCUT2D eigenvalue weighted by Gasteiger charge is 2.13. The van der Waals surface area contributed by atoms with Crippen molar-refractivity contribution in [3.05, 3.63) is 93.0 Å². The highest BCUT2D eigenvalue weighted by atomic mass is 19.1. The smallest absolute Gasteiger partial charge is 0.271 e. The van der Waals surface area contributed by atoms with Gasteiger partial charge in [-0.05, 0) is 55.3 Å². The van der Waals surface area contributed by atoms with Crippen LogP contribution in [0.15, 0.2) is 54.6 Å². The molecule has 0 amide bonds. The minimum absolute atomic E-state index is 0.0149. The SMILES string of the molecule is Cc1cc(/C=C(\C#N)c2ccc(F)cc2)c(C)n1-c1cccc([N+](=O)[O-])c1. The van der Waals surface area contributed by atoms with Crippen LogP contribution >= 0.6 is 0 Å². The van der Waals surface area contributed by atoms with Gasteiger partial charge in [0.25, 0.3) is 5.69 Å². The van der Waals surface area contributed by atoms with Crippen molar-refractivity contribution in [2.75, 3.05) is 0 Å². The first-order chi connectivity index (χ1) is 12.9. The van der Waals surface area contributed by atoms with E-state index in [2.05, 4.69) is 6.07 Å². The summed E-state index contributed by atoms with van der Waals surface area (Å²) >= 11 is 0. The van der Waals surface area contributed by atoms with E-state index in [1.807, 2.05) is 24.5 Å². The summed E-state index contributed by atoms with van der Waals surface area (Å²) < 4.78 is 15.0. The van der Waals surface area contributed by atoms with Crippen LogP contribution in [0.3, 0.4) is 0 Å². The van der Waals surface area contributed by atoms with Crippen LogP contribution < -0.4 is 0 Å². The van der Waals surface area contributed by atoms with E-state index >= 15 is 0 Å². The standard InChI is InChI=1S/C21H16FN3O2/c1-14-10-17(11-18(13-23)16-6-8-19(22)9-7-16)15(2)24(14)20-4-3-5-21(12-20)25(26)27/h3-12H,1-2H3/b18-11+. The molecule has 0 spiro atoms. The van der Waals surface area contributed by atoms with E-state index in [4.69, 9.17) is 0 Å². The van der Waals surface area contributed by atoms with Crippen molar-refractivity contribution < 1.29 is 9.31 Å². The molecule has 0 saturated carbocycles. The highest BCUT2D eigenvalue weighted by molar-refractivity contribution is 5.90. The van der Waals surface area contributed by atoms with Gasteiger partial charge in [0.05, 0.1) is 22.3 Å². The van der Waals surface area contributed by atoms with E-state index in [9.17, 15) is 19.8 Å². The van der Waals surface area contributed by atoms with Gasteiger partial charge in [-0.2, -0.15) is 5.26 Å². The second kappa shape index (κ2) is 7.26. The van der Waals surface area contributed by atoms with E-state index in [0.717, 1.165) is 17.0 Å². The average molecular weight is 361 g/mol. The van der Waals surface area contributed by atoms with E-state index in [0.29, 0.717) is 16.8 Å². The second-order valence-electron chi connectivity index (χ2n) is 6.12. The van der Waals surface area contributed by atoms with Gasteiger partial charge in [0.2, 0.25) is 0 Å². The number of benzene rings is 2. The normalized spacial score (nSPS) is 11.3. The monoisotopic (exact) mass is 361 g/mol. The molecule has 1 heterocycles. The number of halogens is 1. The molecular formula is C21H16FN3O2. The quantitative estimate of drug-likeness (QED) is 0.364. The van der Waals surface area contributed by atoms with Gasteiger partial charge in [0.15, 0.2) is 0 Å². The summed E-state index contributed by atoms with van der Waals surface area (Å²) in [7, 11) is 0. The molecule has 0 atom stereocenters. The van der Waals surface area contributed by atoms with Gasteiger partial charge in [0, 0.05) is 23.5 Å². The molecule has 27 heavy (non-hydrogen) atoms. The number of nitro benzene ring substituents is 1. The van der Waals surface area contributed by atoms with E-state index < -0.39 is 4.92 Å². The summed E-state index contributed by atoms with van der Waals surface area (Å²) in [6.45, 7) is 3.78. The molecule has 3 rings (SSSR count). The van der Waals surface area contributed by atoms with Gasteiger partial charge in [0.1, 0.15) is 5.82 Å². The number of hydrogen-bond acceptors (Lipinski definition) is 3. The Morgan fingerprint density at radius 3 is 2.52 bits per heavy atom. The molecule has 1 aromatic heterocycles. The fourth-order valence-electron chi connectivity index (χ4n) is 3.04. The first-order valence-electron chi connectivity index (χ1n) is 8.22. The van der Waals surface area contributed by atoms with Gasteiger partial charge in [-0.25, -0.2) is 4.39 Å². The van der Waals surface area contributed by atoms with Crippen molar-refractivity contribution in [3.8, 4) is 11.8 Å². The Hall–Kier alpha value is -3.72. The molecule has 0 aliphatic carbocycles. The Morgan fingerprint density at radius 1 is 1.19 bits per heavy atom. The van der Waals surface area contributed by atoms with Crippen LogP contribution in [0.2, 0.25) is 0 Å². The van der Waals surface area contributed by atoms with Crippen molar-refractivity contribution in [1.29, 1.82) is 5.26 Å². The lowest BCUT2D eigenvalue weighted by Gasteiger charge is -2.09. The van der Waals surface area contributed by atoms with Crippen molar-refractivity contribution in [1.82, 2.24) is 4.57 Å². The first-order valence-corrected chi connectivity index (χ1v) is 8.22. The molecule has 5 nitrogen and oxygen atoms in total. The number of nitriles is 1. The molecule has 6 heteroatoms. The predicted molar refractivity (Wildman–Crippen MR) is 102 cm³/mol. The van der Waals surface area contributed by atoms with Crippen LogP contribution in [0, 0.1) is 41.1 Å². The highest BCUT2D eigenvalue weighted by Crippen LogP contribution is 2.27. The fourth-order valence-corrected chi connectivity index (χ4v) is 3.04. The molecule has 0 bridgehead atoms. The Morgan fingerprint density at radius 2 is 1.89 bits per heavy atom. The molecule has 0 N–H and O–H groups in total. The molecule has 3 aromatic rings. The van der Waals surface area contributed by atoms with Crippen molar-refractivity contribution in [2.24, 2.45) is 0 Å². The predicted octanol–water partition coefficient (Wildman–Crippen LogP) is 5.21. The van der Waals surface area contributed by atoms with Gasteiger partial charge in [-0.3, -0.25) is 10.1 Å². The number of allylic oxidation sites excluding steroid dienone is 1. The second-order valence-corrected chi connectivity index (χ2v) is 6.12. The fraction of sp³-hybridized carbons (Fsp3) is 0.0952. The number of hydrogen-bond donors (Lipinski definition) is 0. The number of non-ortho nitro benzene ring substituents is 1. The lowest BCUT2D eigenvalue weighted by atomic mass is 10.0. The molecule has 0 saturated heterocycles. The van der Waals surface area contributed by atoms with Gasteiger partial charge < -0.3 is 4.57 Å². The van der Waals surface area contributed by atoms with E-state index in [-0.39, 0.29) is 11.5 Å². The van der Waals surface area contributed by atoms with Crippen LogP contribution in [0.25, 0.3) is 17.3 Å². The maximum Gasteiger partial charge on any atom is 0.271 e. The Labute approximate surface area is 155 Å². The Balaban J connectivity index is 2.08. The lowest BCUT2D eigenvalue weighted by Crippen LogP contribution is -2.00. The van der Waals surface area contributed by atoms with Gasteiger partial charge in [-0.15, -0.1) is 0 Å². The largest absolute Gasteiger partial charge is 0.318 e. The molecule has 0 fully saturated rings. The molecule has 0 aliphatic rings. The molecule has 0 radical (unpaired) electrons. The lowest BCUT2D eigenvalue weighted by molar-refractivity contribution is -0.384. The van der Waals surface area contributed by atoms with Crippen LogP contribution in [0.4, 0.5) is 10.1 Å². The van der Waals surface area contributed by atoms with E-state index in [1.54, 1.807) is 30.3 Å². The molecule has 134 valence electrons. The summed E-state index contributed by atoms with van der Waals surface area (Å²) in [5.41, 5.74) is 4.28. The van der Waals surface area contributed by atoms with Crippen LogP contribution in [-0.2, 0) is 0 Å². The average Bonchev–Trinajstić information content (AvgIpc) is 2.94. The van der Waals surface area contributed by atoms with Crippen molar-refractivity contribution >= 4 is 17.3 Å². The van der Waals surface area contributed by atoms with Gasteiger partial charge >= 0.3 is 0 Å². The maximum absolute atomic E-state index is 13.1. The third kappa shape index (κ3) is 3.62. The minimum atomic E-state index is -0.430. The number of nitro groups is 1. The van der Waals surface area contributed by atoms with Crippen LogP contribution in [0.5, 0.6) is 0 Å². The Bertz CT molecular complexity index is 1090. The zero-order valence-electron chi connectivity index (χ0n) is 14.8. The summed E-state index contributed by atoms with van der Waals surface area (Å²) in [5.74, 6) is -0.361. The first kappa shape index (κ1) is 18.1. The molecule has 2 aromatic carbocycles. The van der Waals surface area contributed by atoms with E-state index in [1.165, 1.54) is 24.3 Å². The summed E-state index contributed by atoms with van der Waals surface area (Å²) in [4.78, 5) is 10.6. The van der Waals surface area contributed by atoms with Gasteiger partial charge in [-0.1, -0.05) is 18.2 Å². The summed E-state index contributed by atoms with van der Waals surface area (Å²) in [5, 5.41) is 20.5. The summed E-state index contributed by atoms with van der Waals surface area (Å²) in [6, 6.07) is 16.2. The number of rotatable bonds is 4. The zero-order valence-corrected chi connectivity index (χ0v) is 14.8. The topological polar surface area (TPSA) is 71.9 Å². The third-order valence-electron chi connectivity index (χ3n) is 4.34. The minimum Gasteiger partial charge on any atom is -0.318 e. The van der Waals surface area contributed by atoms with Crippen molar-refractivity contribution in [3.63, 3.8) is 0 Å².